The molecule has 0 spiro atoms. The number of rotatable bonds is 7. The minimum absolute atomic E-state index is 0.866. The summed E-state index contributed by atoms with van der Waals surface area (Å²) in [5.41, 5.74) is 20.1. The van der Waals surface area contributed by atoms with Gasteiger partial charge in [-0.3, -0.25) is 0 Å². The van der Waals surface area contributed by atoms with Crippen LogP contribution in [0.5, 0.6) is 0 Å². The Hall–Kier alpha value is -10.8. The smallest absolute Gasteiger partial charge is 0.136 e. The first-order valence-corrected chi connectivity index (χ1v) is 28.2. The van der Waals surface area contributed by atoms with E-state index < -0.39 is 0 Å². The lowest BCUT2D eigenvalue weighted by atomic mass is 9.83. The standard InChI is InChI=1S/C80H48O2/c1-2-17-50(18-3-1)71-45-53(37-43-70(71)80-68-29-12-10-27-66(68)79(67-28-11-13-30-69(67)80)55-38-41-60-59-22-14-15-32-73(59)81-75(60)47-55)54-40-44-74-72(46-54)61-42-39-56(48-76(61)82-74)78-64-25-8-6-23-62(64)77(63-24-7-9-26-65(63)78)52-35-33-51(34-36-52)58-31-16-20-49-19-4-5-21-57(49)58/h1-48H. The zero-order valence-electron chi connectivity index (χ0n) is 44.5. The summed E-state index contributed by atoms with van der Waals surface area (Å²) >= 11 is 0. The first-order valence-electron chi connectivity index (χ1n) is 28.2. The maximum Gasteiger partial charge on any atom is 0.136 e. The van der Waals surface area contributed by atoms with Gasteiger partial charge in [0.1, 0.15) is 22.3 Å². The predicted octanol–water partition coefficient (Wildman–Crippen LogP) is 22.9. The van der Waals surface area contributed by atoms with Gasteiger partial charge in [-0.05, 0) is 180 Å². The molecule has 0 unspecified atom stereocenters. The normalized spacial score (nSPS) is 11.9. The van der Waals surface area contributed by atoms with Crippen LogP contribution in [0, 0.1) is 0 Å². The molecule has 0 fully saturated rings. The monoisotopic (exact) mass is 1040 g/mol. The highest BCUT2D eigenvalue weighted by Crippen LogP contribution is 2.49. The van der Waals surface area contributed by atoms with Gasteiger partial charge in [0.15, 0.2) is 0 Å². The van der Waals surface area contributed by atoms with Crippen LogP contribution in [0.3, 0.4) is 0 Å². The van der Waals surface area contributed by atoms with Gasteiger partial charge in [-0.2, -0.15) is 0 Å². The Balaban J connectivity index is 0.775. The summed E-state index contributed by atoms with van der Waals surface area (Å²) in [6.45, 7) is 0. The molecule has 2 aromatic heterocycles. The van der Waals surface area contributed by atoms with Crippen LogP contribution >= 0.6 is 0 Å². The molecule has 0 bridgehead atoms. The van der Waals surface area contributed by atoms with E-state index in [2.05, 4.69) is 279 Å². The molecule has 82 heavy (non-hydrogen) atoms. The molecule has 0 saturated carbocycles. The Kier molecular flexibility index (Phi) is 10.3. The third-order valence-electron chi connectivity index (χ3n) is 17.3. The van der Waals surface area contributed by atoms with Crippen molar-refractivity contribution in [1.29, 1.82) is 0 Å². The third kappa shape index (κ3) is 7.22. The van der Waals surface area contributed by atoms with Gasteiger partial charge in [0.05, 0.1) is 0 Å². The maximum absolute atomic E-state index is 6.82. The molecule has 0 aliphatic carbocycles. The van der Waals surface area contributed by atoms with Crippen molar-refractivity contribution in [3.8, 4) is 77.9 Å². The SMILES string of the molecule is c1ccc(-c2cc(-c3ccc4oc5cc(-c6c7ccccc7c(-c7ccc(-c8cccc9ccccc89)cc7)c7ccccc67)ccc5c4c3)ccc2-c2c3ccccc3c(-c3ccc4c(c3)oc3ccccc34)c3ccccc23)cc1. The molecule has 0 N–H and O–H groups in total. The van der Waals surface area contributed by atoms with Gasteiger partial charge >= 0.3 is 0 Å². The number of benzene rings is 15. The highest BCUT2D eigenvalue weighted by molar-refractivity contribution is 6.24. The first-order chi connectivity index (χ1) is 40.7. The Bertz CT molecular complexity index is 5330. The first kappa shape index (κ1) is 46.1. The molecule has 0 radical (unpaired) electrons. The average molecular weight is 1040 g/mol. The van der Waals surface area contributed by atoms with Crippen LogP contribution < -0.4 is 0 Å². The van der Waals surface area contributed by atoms with Crippen LogP contribution in [0.2, 0.25) is 0 Å². The van der Waals surface area contributed by atoms with Crippen LogP contribution in [0.1, 0.15) is 0 Å². The van der Waals surface area contributed by atoms with Gasteiger partial charge in [0, 0.05) is 21.5 Å². The van der Waals surface area contributed by atoms with Crippen molar-refractivity contribution in [2.45, 2.75) is 0 Å². The Morgan fingerprint density at radius 3 is 1.15 bits per heavy atom. The molecule has 0 saturated heterocycles. The molecule has 2 nitrogen and oxygen atoms in total. The van der Waals surface area contributed by atoms with Gasteiger partial charge in [0.2, 0.25) is 0 Å². The van der Waals surface area contributed by atoms with E-state index in [9.17, 15) is 0 Å². The van der Waals surface area contributed by atoms with E-state index >= 15 is 0 Å². The lowest BCUT2D eigenvalue weighted by Gasteiger charge is -2.20. The summed E-state index contributed by atoms with van der Waals surface area (Å²) in [6, 6.07) is 106. The summed E-state index contributed by atoms with van der Waals surface area (Å²) < 4.78 is 13.3. The van der Waals surface area contributed by atoms with Crippen molar-refractivity contribution >= 4 is 97.7 Å². The fraction of sp³-hybridized carbons (Fsp3) is 0. The number of furan rings is 2. The Morgan fingerprint density at radius 1 is 0.159 bits per heavy atom. The van der Waals surface area contributed by atoms with E-state index in [0.717, 1.165) is 71.7 Å². The van der Waals surface area contributed by atoms with Gasteiger partial charge < -0.3 is 8.83 Å². The fourth-order valence-corrected chi connectivity index (χ4v) is 13.6. The molecule has 0 aliphatic heterocycles. The predicted molar refractivity (Wildman–Crippen MR) is 347 cm³/mol. The molecule has 17 rings (SSSR count). The van der Waals surface area contributed by atoms with Crippen molar-refractivity contribution in [3.05, 3.63) is 291 Å². The summed E-state index contributed by atoms with van der Waals surface area (Å²) in [7, 11) is 0. The lowest BCUT2D eigenvalue weighted by molar-refractivity contribution is 0.668. The minimum atomic E-state index is 0.866. The maximum atomic E-state index is 6.82. The topological polar surface area (TPSA) is 26.3 Å². The molecular formula is C80H48O2. The van der Waals surface area contributed by atoms with Crippen LogP contribution in [-0.4, -0.2) is 0 Å². The molecule has 2 heteroatoms. The highest BCUT2D eigenvalue weighted by atomic mass is 16.3. The average Bonchev–Trinajstić information content (AvgIpc) is 2.66. The van der Waals surface area contributed by atoms with Gasteiger partial charge in [-0.1, -0.05) is 243 Å². The van der Waals surface area contributed by atoms with Crippen molar-refractivity contribution in [2.24, 2.45) is 0 Å². The molecule has 0 atom stereocenters. The number of fused-ring (bicyclic) bond motifs is 11. The number of hydrogen-bond donors (Lipinski definition) is 0. The van der Waals surface area contributed by atoms with E-state index in [-0.39, 0.29) is 0 Å². The van der Waals surface area contributed by atoms with Crippen molar-refractivity contribution in [1.82, 2.24) is 0 Å². The van der Waals surface area contributed by atoms with Crippen molar-refractivity contribution in [3.63, 3.8) is 0 Å². The molecule has 0 amide bonds. The van der Waals surface area contributed by atoms with E-state index in [1.807, 2.05) is 12.1 Å². The molecule has 17 aromatic rings. The van der Waals surface area contributed by atoms with Crippen LogP contribution in [0.4, 0.5) is 0 Å². The summed E-state index contributed by atoms with van der Waals surface area (Å²) in [5, 5.41) is 16.6. The van der Waals surface area contributed by atoms with Crippen molar-refractivity contribution < 1.29 is 8.83 Å². The van der Waals surface area contributed by atoms with Crippen LogP contribution in [0.25, 0.3) is 176 Å². The lowest BCUT2D eigenvalue weighted by Crippen LogP contribution is -1.93. The van der Waals surface area contributed by atoms with E-state index in [1.54, 1.807) is 0 Å². The Labute approximate surface area is 473 Å². The molecule has 380 valence electrons. The van der Waals surface area contributed by atoms with Crippen LogP contribution in [-0.2, 0) is 0 Å². The summed E-state index contributed by atoms with van der Waals surface area (Å²) in [5.74, 6) is 0. The van der Waals surface area contributed by atoms with Gasteiger partial charge in [-0.25, -0.2) is 0 Å². The van der Waals surface area contributed by atoms with E-state index in [1.165, 1.54) is 104 Å². The number of para-hydroxylation sites is 1. The summed E-state index contributed by atoms with van der Waals surface area (Å²) in [4.78, 5) is 0. The molecule has 0 aliphatic rings. The largest absolute Gasteiger partial charge is 0.456 e. The fourth-order valence-electron chi connectivity index (χ4n) is 13.6. The summed E-state index contributed by atoms with van der Waals surface area (Å²) in [6.07, 6.45) is 0. The van der Waals surface area contributed by atoms with Crippen LogP contribution in [0.15, 0.2) is 300 Å². The molecular weight excluding hydrogens is 993 g/mol. The van der Waals surface area contributed by atoms with Gasteiger partial charge in [0.25, 0.3) is 0 Å². The Morgan fingerprint density at radius 2 is 0.549 bits per heavy atom. The second-order valence-corrected chi connectivity index (χ2v) is 21.7. The second kappa shape index (κ2) is 18.4. The van der Waals surface area contributed by atoms with E-state index in [4.69, 9.17) is 8.83 Å². The zero-order valence-corrected chi connectivity index (χ0v) is 44.5. The quantitative estimate of drug-likeness (QED) is 0.149. The third-order valence-corrected chi connectivity index (χ3v) is 17.3. The minimum Gasteiger partial charge on any atom is -0.456 e. The van der Waals surface area contributed by atoms with Crippen molar-refractivity contribution in [2.75, 3.05) is 0 Å². The number of hydrogen-bond acceptors (Lipinski definition) is 2. The highest BCUT2D eigenvalue weighted by Gasteiger charge is 2.23. The molecule has 15 aromatic carbocycles. The second-order valence-electron chi connectivity index (χ2n) is 21.7. The zero-order chi connectivity index (χ0) is 53.8. The van der Waals surface area contributed by atoms with Gasteiger partial charge in [-0.15, -0.1) is 0 Å². The van der Waals surface area contributed by atoms with E-state index in [0.29, 0.717) is 0 Å². The molecule has 2 heterocycles.